The summed E-state index contributed by atoms with van der Waals surface area (Å²) in [6.07, 6.45) is 5.57. The minimum absolute atomic E-state index is 0. The molecular formula is C58H48N4OPt-2. The van der Waals surface area contributed by atoms with Crippen LogP contribution in [0.25, 0.3) is 50.1 Å². The van der Waals surface area contributed by atoms with Crippen molar-refractivity contribution in [3.05, 3.63) is 234 Å². The van der Waals surface area contributed by atoms with Crippen LogP contribution in [0.5, 0.6) is 11.5 Å². The summed E-state index contributed by atoms with van der Waals surface area (Å²) in [6, 6.07) is 68.9. The molecule has 0 aliphatic carbocycles. The maximum absolute atomic E-state index is 6.80. The molecule has 0 aliphatic heterocycles. The smallest absolute Gasteiger partial charge is 0.267 e. The predicted octanol–water partition coefficient (Wildman–Crippen LogP) is 13.4. The van der Waals surface area contributed by atoms with Crippen LogP contribution in [0.4, 0.5) is 0 Å². The molecule has 3 aromatic heterocycles. The molecule has 318 valence electrons. The molecule has 10 aromatic rings. The van der Waals surface area contributed by atoms with Crippen LogP contribution in [0.3, 0.4) is 0 Å². The summed E-state index contributed by atoms with van der Waals surface area (Å²) in [6.45, 7) is 13.3. The third-order valence-electron chi connectivity index (χ3n) is 12.9. The van der Waals surface area contributed by atoms with E-state index < -0.39 is 0 Å². The summed E-state index contributed by atoms with van der Waals surface area (Å²) in [5.41, 5.74) is 12.6. The van der Waals surface area contributed by atoms with Crippen molar-refractivity contribution in [1.29, 1.82) is 0 Å². The standard InChI is InChI=1S/C58H48N4O.Pt/c1-40-41(2)61(39-60(40)48-28-26-46(27-29-48)57(3,4)44-20-12-8-13-21-44)49-34-43(42-18-10-7-11-19-42)35-51(37-49)63-50-30-31-53-52-24-16-17-25-54(52)62(55(53)38-50)56-36-47(32-33-59-56)58(5,6)45-22-14-9-15-23-45;/h7-36H,1-6H3;/q-2;. The van der Waals surface area contributed by atoms with Gasteiger partial charge in [0.1, 0.15) is 5.82 Å². The van der Waals surface area contributed by atoms with E-state index in [9.17, 15) is 0 Å². The first kappa shape index (κ1) is 42.5. The van der Waals surface area contributed by atoms with E-state index in [-0.39, 0.29) is 31.9 Å². The van der Waals surface area contributed by atoms with E-state index in [4.69, 9.17) is 9.72 Å². The van der Waals surface area contributed by atoms with Crippen molar-refractivity contribution in [2.45, 2.75) is 52.4 Å². The molecule has 7 aromatic carbocycles. The number of fused-ring (bicyclic) bond motifs is 3. The first-order chi connectivity index (χ1) is 30.6. The second-order valence-corrected chi connectivity index (χ2v) is 17.4. The van der Waals surface area contributed by atoms with Crippen LogP contribution in [-0.2, 0) is 31.9 Å². The van der Waals surface area contributed by atoms with E-state index in [2.05, 4.69) is 237 Å². The molecule has 0 atom stereocenters. The van der Waals surface area contributed by atoms with Crippen molar-refractivity contribution in [1.82, 2.24) is 14.1 Å². The molecule has 0 saturated heterocycles. The number of nitrogens with zero attached hydrogens (tertiary/aromatic N) is 4. The molecule has 0 fully saturated rings. The fourth-order valence-corrected chi connectivity index (χ4v) is 8.85. The Labute approximate surface area is 390 Å². The van der Waals surface area contributed by atoms with Crippen molar-refractivity contribution in [3.63, 3.8) is 0 Å². The van der Waals surface area contributed by atoms with Gasteiger partial charge in [-0.3, -0.25) is 4.57 Å². The van der Waals surface area contributed by atoms with Gasteiger partial charge in [-0.1, -0.05) is 155 Å². The first-order valence-electron chi connectivity index (χ1n) is 21.5. The van der Waals surface area contributed by atoms with Gasteiger partial charge in [-0.2, -0.15) is 12.1 Å². The Morgan fingerprint density at radius 1 is 0.547 bits per heavy atom. The van der Waals surface area contributed by atoms with Gasteiger partial charge in [0.05, 0.1) is 11.4 Å². The van der Waals surface area contributed by atoms with Crippen molar-refractivity contribution < 1.29 is 30.4 Å². The van der Waals surface area contributed by atoms with Gasteiger partial charge >= 0.3 is 0 Å². The Balaban J connectivity index is 0.00000518. The molecule has 0 saturated carbocycles. The van der Waals surface area contributed by atoms with Gasteiger partial charge in [-0.05, 0) is 83.1 Å². The topological polar surface area (TPSA) is 35.9 Å². The zero-order valence-corrected chi connectivity index (χ0v) is 39.1. The Morgan fingerprint density at radius 2 is 1.16 bits per heavy atom. The normalized spacial score (nSPS) is 11.8. The van der Waals surface area contributed by atoms with Gasteiger partial charge in [-0.15, -0.1) is 35.2 Å². The number of pyridine rings is 1. The first-order valence-corrected chi connectivity index (χ1v) is 21.5. The number of hydrogen-bond donors (Lipinski definition) is 0. The second kappa shape index (κ2) is 17.0. The van der Waals surface area contributed by atoms with Crippen molar-refractivity contribution in [2.75, 3.05) is 0 Å². The monoisotopic (exact) mass is 1010 g/mol. The van der Waals surface area contributed by atoms with E-state index in [0.717, 1.165) is 61.5 Å². The average molecular weight is 1010 g/mol. The fraction of sp³-hybridized carbons (Fsp3) is 0.138. The van der Waals surface area contributed by atoms with Gasteiger partial charge in [0.25, 0.3) is 6.33 Å². The van der Waals surface area contributed by atoms with Crippen LogP contribution in [0.2, 0.25) is 0 Å². The number of ether oxygens (including phenoxy) is 1. The molecule has 0 N–H and O–H groups in total. The molecular weight excluding hydrogens is 964 g/mol. The quantitative estimate of drug-likeness (QED) is 0.101. The number of hydrogen-bond acceptors (Lipinski definition) is 2. The van der Waals surface area contributed by atoms with Gasteiger partial charge in [-0.25, -0.2) is 4.98 Å². The Morgan fingerprint density at radius 3 is 1.84 bits per heavy atom. The second-order valence-electron chi connectivity index (χ2n) is 17.4. The van der Waals surface area contributed by atoms with E-state index in [1.807, 2.05) is 18.3 Å². The third-order valence-corrected chi connectivity index (χ3v) is 12.9. The summed E-state index contributed by atoms with van der Waals surface area (Å²) >= 11 is 0. The van der Waals surface area contributed by atoms with Gasteiger partial charge < -0.3 is 13.9 Å². The van der Waals surface area contributed by atoms with E-state index in [1.165, 1.54) is 22.3 Å². The fourth-order valence-electron chi connectivity index (χ4n) is 8.85. The zero-order chi connectivity index (χ0) is 43.3. The SMILES string of the molecule is Cc1c(C)[n+](-c2ccc(C(C)(C)c3ccccc3)cc2)[c-]n1-c1[c-]c(Oc2[c-]c3c(cc2)c2ccccc2n3-c2cc(C(C)(C)c3ccccc3)ccn2)cc(-c2ccccc2)c1.[Pt]. The van der Waals surface area contributed by atoms with Gasteiger partial charge in [0.15, 0.2) is 0 Å². The summed E-state index contributed by atoms with van der Waals surface area (Å²) in [5, 5.41) is 2.20. The molecule has 0 radical (unpaired) electrons. The van der Waals surface area contributed by atoms with Crippen LogP contribution < -0.4 is 9.30 Å². The number of imidazole rings is 1. The van der Waals surface area contributed by atoms with Crippen molar-refractivity contribution in [2.24, 2.45) is 0 Å². The maximum atomic E-state index is 6.80. The average Bonchev–Trinajstić information content (AvgIpc) is 3.82. The Bertz CT molecular complexity index is 3260. The van der Waals surface area contributed by atoms with Crippen LogP contribution in [0.1, 0.15) is 61.3 Å². The van der Waals surface area contributed by atoms with Crippen molar-refractivity contribution in [3.8, 4) is 39.8 Å². The van der Waals surface area contributed by atoms with Gasteiger partial charge in [0, 0.05) is 60.8 Å². The Kier molecular flexibility index (Phi) is 11.3. The van der Waals surface area contributed by atoms with Gasteiger partial charge in [0.2, 0.25) is 0 Å². The van der Waals surface area contributed by atoms with Crippen molar-refractivity contribution >= 4 is 21.8 Å². The number of rotatable bonds is 10. The molecule has 0 spiro atoms. The molecule has 0 bridgehead atoms. The van der Waals surface area contributed by atoms with E-state index in [0.29, 0.717) is 11.5 Å². The summed E-state index contributed by atoms with van der Waals surface area (Å²) in [4.78, 5) is 4.95. The van der Waals surface area contributed by atoms with Crippen LogP contribution in [0.15, 0.2) is 182 Å². The summed E-state index contributed by atoms with van der Waals surface area (Å²) in [7, 11) is 0. The van der Waals surface area contributed by atoms with E-state index >= 15 is 0 Å². The zero-order valence-electron chi connectivity index (χ0n) is 36.8. The minimum atomic E-state index is -0.231. The number of benzene rings is 7. The number of aromatic nitrogens is 4. The summed E-state index contributed by atoms with van der Waals surface area (Å²) in [5.74, 6) is 1.98. The molecule has 3 heterocycles. The van der Waals surface area contributed by atoms with Crippen LogP contribution in [0, 0.1) is 32.3 Å². The molecule has 0 amide bonds. The third kappa shape index (κ3) is 7.69. The molecule has 0 aliphatic rings. The maximum Gasteiger partial charge on any atom is 0.267 e. The predicted molar refractivity (Wildman–Crippen MR) is 255 cm³/mol. The molecule has 10 rings (SSSR count). The Hall–Kier alpha value is -6.81. The number of para-hydroxylation sites is 1. The van der Waals surface area contributed by atoms with Crippen LogP contribution >= 0.6 is 0 Å². The molecule has 6 heteroatoms. The van der Waals surface area contributed by atoms with Crippen LogP contribution in [-0.4, -0.2) is 14.1 Å². The largest absolute Gasteiger partial charge is 0.510 e. The molecule has 5 nitrogen and oxygen atoms in total. The molecule has 64 heavy (non-hydrogen) atoms. The summed E-state index contributed by atoms with van der Waals surface area (Å²) < 4.78 is 13.2. The minimum Gasteiger partial charge on any atom is -0.510 e. The molecule has 0 unspecified atom stereocenters. The van der Waals surface area contributed by atoms with E-state index in [1.54, 1.807) is 0 Å².